The predicted molar refractivity (Wildman–Crippen MR) is 83.3 cm³/mol. The fourth-order valence-electron chi connectivity index (χ4n) is 2.25. The number of benzene rings is 1. The number of nitrogens with one attached hydrogen (secondary N) is 1. The molecule has 1 aliphatic heterocycles. The maximum Gasteiger partial charge on any atom is 0.143 e. The molecule has 0 aliphatic carbocycles. The van der Waals surface area contributed by atoms with Crippen molar-refractivity contribution >= 4 is 44.3 Å². The molecule has 2 rings (SSSR count). The first-order chi connectivity index (χ1) is 8.09. The largest absolute Gasteiger partial charge is 0.506 e. The second-order valence-electron chi connectivity index (χ2n) is 4.45. The Labute approximate surface area is 130 Å². The van der Waals surface area contributed by atoms with Crippen LogP contribution in [-0.4, -0.2) is 18.2 Å². The normalized spacial score (nSPS) is 18.2. The monoisotopic (exact) mass is 398 g/mol. The Balaban J connectivity index is 0.00000162. The maximum absolute atomic E-state index is 9.68. The number of phenolic OH excluding ortho intramolecular Hbond substituents is 1. The highest BCUT2D eigenvalue weighted by Crippen LogP contribution is 2.37. The summed E-state index contributed by atoms with van der Waals surface area (Å²) in [5.74, 6) is 0.742. The number of nitrogens with two attached hydrogens (primary N) is 1. The third kappa shape index (κ3) is 3.61. The van der Waals surface area contributed by atoms with Gasteiger partial charge in [0.1, 0.15) is 5.75 Å². The number of hydrogen-bond donors (Lipinski definition) is 3. The molecule has 6 heteroatoms. The van der Waals surface area contributed by atoms with Crippen LogP contribution in [0.5, 0.6) is 5.75 Å². The molecule has 0 saturated carbocycles. The molecule has 102 valence electrons. The third-order valence-electron chi connectivity index (χ3n) is 3.32. The van der Waals surface area contributed by atoms with Gasteiger partial charge in [-0.1, -0.05) is 0 Å². The lowest BCUT2D eigenvalue weighted by molar-refractivity contribution is 0.322. The highest BCUT2D eigenvalue weighted by atomic mass is 79.9. The SMILES string of the molecule is Cl.N[C@@H](c1cc(Br)c(O)c(Br)c1)C1CCNCC1. The van der Waals surface area contributed by atoms with E-state index in [1.54, 1.807) is 0 Å². The van der Waals surface area contributed by atoms with Gasteiger partial charge in [0.25, 0.3) is 0 Å². The molecular weight excluding hydrogens is 383 g/mol. The van der Waals surface area contributed by atoms with Crippen LogP contribution in [-0.2, 0) is 0 Å². The van der Waals surface area contributed by atoms with Crippen molar-refractivity contribution in [1.82, 2.24) is 5.32 Å². The summed E-state index contributed by atoms with van der Waals surface area (Å²) in [6, 6.07) is 3.85. The smallest absolute Gasteiger partial charge is 0.143 e. The van der Waals surface area contributed by atoms with E-state index in [0.717, 1.165) is 31.5 Å². The van der Waals surface area contributed by atoms with Crippen LogP contribution >= 0.6 is 44.3 Å². The molecule has 1 aromatic rings. The number of phenols is 1. The summed E-state index contributed by atoms with van der Waals surface area (Å²) in [5, 5.41) is 13.0. The first-order valence-electron chi connectivity index (χ1n) is 5.74. The van der Waals surface area contributed by atoms with Crippen molar-refractivity contribution in [1.29, 1.82) is 0 Å². The Bertz CT molecular complexity index is 388. The summed E-state index contributed by atoms with van der Waals surface area (Å²) < 4.78 is 1.37. The number of hydrogen-bond acceptors (Lipinski definition) is 3. The van der Waals surface area contributed by atoms with E-state index in [0.29, 0.717) is 14.9 Å². The van der Waals surface area contributed by atoms with Gasteiger partial charge in [-0.3, -0.25) is 0 Å². The Morgan fingerprint density at radius 1 is 1.22 bits per heavy atom. The van der Waals surface area contributed by atoms with Gasteiger partial charge >= 0.3 is 0 Å². The van der Waals surface area contributed by atoms with Crippen LogP contribution < -0.4 is 11.1 Å². The highest BCUT2D eigenvalue weighted by Gasteiger charge is 2.22. The van der Waals surface area contributed by atoms with Gasteiger partial charge in [0.2, 0.25) is 0 Å². The van der Waals surface area contributed by atoms with Gasteiger partial charge in [-0.05, 0) is 81.4 Å². The second-order valence-corrected chi connectivity index (χ2v) is 6.16. The number of piperidine rings is 1. The molecule has 1 aromatic carbocycles. The van der Waals surface area contributed by atoms with Gasteiger partial charge < -0.3 is 16.2 Å². The van der Waals surface area contributed by atoms with Crippen molar-refractivity contribution in [3.63, 3.8) is 0 Å². The van der Waals surface area contributed by atoms with Crippen LogP contribution in [0.25, 0.3) is 0 Å². The van der Waals surface area contributed by atoms with Crippen LogP contribution in [0.15, 0.2) is 21.1 Å². The topological polar surface area (TPSA) is 58.3 Å². The molecule has 4 N–H and O–H groups in total. The van der Waals surface area contributed by atoms with Gasteiger partial charge in [0.05, 0.1) is 8.95 Å². The molecule has 3 nitrogen and oxygen atoms in total. The van der Waals surface area contributed by atoms with Crippen molar-refractivity contribution in [2.24, 2.45) is 11.7 Å². The zero-order chi connectivity index (χ0) is 12.4. The van der Waals surface area contributed by atoms with E-state index < -0.39 is 0 Å². The lowest BCUT2D eigenvalue weighted by Crippen LogP contribution is -2.33. The summed E-state index contributed by atoms with van der Waals surface area (Å²) >= 11 is 6.68. The minimum Gasteiger partial charge on any atom is -0.506 e. The lowest BCUT2D eigenvalue weighted by Gasteiger charge is -2.28. The number of aromatic hydroxyl groups is 1. The van der Waals surface area contributed by atoms with Crippen molar-refractivity contribution in [2.45, 2.75) is 18.9 Å². The fourth-order valence-corrected chi connectivity index (χ4v) is 3.47. The van der Waals surface area contributed by atoms with Gasteiger partial charge in [0.15, 0.2) is 0 Å². The maximum atomic E-state index is 9.68. The Morgan fingerprint density at radius 3 is 2.22 bits per heavy atom. The molecule has 0 radical (unpaired) electrons. The summed E-state index contributed by atoms with van der Waals surface area (Å²) in [6.45, 7) is 2.08. The summed E-state index contributed by atoms with van der Waals surface area (Å²) in [5.41, 5.74) is 7.37. The quantitative estimate of drug-likeness (QED) is 0.714. The highest BCUT2D eigenvalue weighted by molar-refractivity contribution is 9.11. The molecule has 1 heterocycles. The van der Waals surface area contributed by atoms with Crippen LogP contribution in [0, 0.1) is 5.92 Å². The first kappa shape index (κ1) is 16.2. The zero-order valence-corrected chi connectivity index (χ0v) is 13.8. The van der Waals surface area contributed by atoms with Crippen LogP contribution in [0.2, 0.25) is 0 Å². The van der Waals surface area contributed by atoms with Crippen molar-refractivity contribution in [3.05, 3.63) is 26.6 Å². The molecule has 0 unspecified atom stereocenters. The van der Waals surface area contributed by atoms with E-state index >= 15 is 0 Å². The first-order valence-corrected chi connectivity index (χ1v) is 7.32. The predicted octanol–water partition coefficient (Wildman–Crippen LogP) is 3.34. The molecule has 0 amide bonds. The lowest BCUT2D eigenvalue weighted by atomic mass is 9.86. The molecule has 0 aromatic heterocycles. The number of halogens is 3. The molecule has 18 heavy (non-hydrogen) atoms. The van der Waals surface area contributed by atoms with Gasteiger partial charge in [-0.2, -0.15) is 0 Å². The van der Waals surface area contributed by atoms with Crippen LogP contribution in [0.4, 0.5) is 0 Å². The molecule has 1 fully saturated rings. The van der Waals surface area contributed by atoms with E-state index in [2.05, 4.69) is 37.2 Å². The molecule has 0 bridgehead atoms. The Hall–Kier alpha value is 0.190. The molecule has 1 saturated heterocycles. The van der Waals surface area contributed by atoms with Crippen molar-refractivity contribution in [2.75, 3.05) is 13.1 Å². The van der Waals surface area contributed by atoms with Gasteiger partial charge in [-0.15, -0.1) is 12.4 Å². The summed E-state index contributed by atoms with van der Waals surface area (Å²) in [7, 11) is 0. The number of rotatable bonds is 2. The minimum atomic E-state index is 0. The molecule has 1 atom stereocenters. The standard InChI is InChI=1S/C12H16Br2N2O.ClH/c13-9-5-8(6-10(14)12(9)17)11(15)7-1-3-16-4-2-7;/h5-7,11,16-17H,1-4,15H2;1H/t11-;/m1./s1. The molecular formula is C12H17Br2ClN2O. The van der Waals surface area contributed by atoms with Gasteiger partial charge in [-0.25, -0.2) is 0 Å². The minimum absolute atomic E-state index is 0. The van der Waals surface area contributed by atoms with E-state index in [4.69, 9.17) is 5.73 Å². The van der Waals surface area contributed by atoms with Crippen molar-refractivity contribution in [3.8, 4) is 5.75 Å². The van der Waals surface area contributed by atoms with Crippen molar-refractivity contribution < 1.29 is 5.11 Å². The third-order valence-corrected chi connectivity index (χ3v) is 4.52. The zero-order valence-electron chi connectivity index (χ0n) is 9.83. The van der Waals surface area contributed by atoms with E-state index in [-0.39, 0.29) is 24.2 Å². The average Bonchev–Trinajstić information content (AvgIpc) is 2.35. The van der Waals surface area contributed by atoms with E-state index in [1.165, 1.54) is 0 Å². The average molecular weight is 401 g/mol. The summed E-state index contributed by atoms with van der Waals surface area (Å²) in [6.07, 6.45) is 2.22. The molecule has 1 aliphatic rings. The molecule has 0 spiro atoms. The fraction of sp³-hybridized carbons (Fsp3) is 0.500. The van der Waals surface area contributed by atoms with Gasteiger partial charge in [0, 0.05) is 6.04 Å². The van der Waals surface area contributed by atoms with Crippen LogP contribution in [0.3, 0.4) is 0 Å². The Kier molecular flexibility index (Phi) is 6.41. The van der Waals surface area contributed by atoms with E-state index in [1.807, 2.05) is 12.1 Å². The summed E-state index contributed by atoms with van der Waals surface area (Å²) in [4.78, 5) is 0. The Morgan fingerprint density at radius 2 is 1.72 bits per heavy atom. The second kappa shape index (κ2) is 7.10. The van der Waals surface area contributed by atoms with Crippen LogP contribution in [0.1, 0.15) is 24.4 Å². The van der Waals surface area contributed by atoms with E-state index in [9.17, 15) is 5.11 Å².